The van der Waals surface area contributed by atoms with Crippen LogP contribution in [0.15, 0.2) is 47.6 Å². The highest BCUT2D eigenvalue weighted by atomic mass is 35.5. The van der Waals surface area contributed by atoms with Crippen molar-refractivity contribution in [2.45, 2.75) is 169 Å². The van der Waals surface area contributed by atoms with Gasteiger partial charge in [-0.05, 0) is 122 Å². The van der Waals surface area contributed by atoms with Gasteiger partial charge in [0.1, 0.15) is 30.3 Å². The number of carbonyl (C=O) groups excluding carboxylic acids is 7. The van der Waals surface area contributed by atoms with Crippen molar-refractivity contribution in [1.82, 2.24) is 36.0 Å². The number of Topliss-reactive ketones (excluding diaryl/α,β-unsaturated/α-hetero) is 1. The lowest BCUT2D eigenvalue weighted by molar-refractivity contribution is -0.155. The molecule has 10 atom stereocenters. The standard InChI is InChI=1S/C55H88ClN7O10/c1-15-35(5)48-51(67)58-38(8)32-72-49(36(6)16-2)39(9)45-30-55(46(64)33-71-45,62(13)26-20-18-17-19-25-57-11)29-37(7)54(70)73-44(27-34(3)4)50(66)59-40(10)52(68)63(14)43(28-41-21-23-42(56)24-22-41)53(69)61(12)31-47(65)60-48/h16,21-24,29,34-35,38-40,43-45,48-49,57H,15,17-20,25-28,30-33H2,1-14H3,(H,58,67)(H,59,66)(H,60,65)/b36-16+,37-29+/t35?,38-,39+,40+,43-,44-,45+,48+,49-,55-/m1/s1. The molecule has 2 aliphatic rings. The van der Waals surface area contributed by atoms with E-state index >= 15 is 0 Å². The summed E-state index contributed by atoms with van der Waals surface area (Å²) in [5, 5.41) is 12.3. The monoisotopic (exact) mass is 1040 g/mol. The second-order valence-corrected chi connectivity index (χ2v) is 21.3. The van der Waals surface area contributed by atoms with Crippen LogP contribution in [-0.2, 0) is 54.2 Å². The third kappa shape index (κ3) is 18.3. The highest BCUT2D eigenvalue weighted by molar-refractivity contribution is 6.30. The molecule has 0 spiro atoms. The van der Waals surface area contributed by atoms with E-state index < -0.39 is 90.1 Å². The minimum atomic E-state index is -1.32. The highest BCUT2D eigenvalue weighted by Crippen LogP contribution is 2.36. The molecule has 1 saturated heterocycles. The number of cyclic esters (lactones) is 1. The third-order valence-electron chi connectivity index (χ3n) is 14.4. The maximum absolute atomic E-state index is 14.5. The molecule has 0 aromatic heterocycles. The third-order valence-corrected chi connectivity index (χ3v) is 14.7. The van der Waals surface area contributed by atoms with Gasteiger partial charge in [0, 0.05) is 49.5 Å². The number of nitrogens with zero attached hydrogens (tertiary/aromatic N) is 3. The number of unbranched alkanes of at least 4 members (excludes halogenated alkanes) is 3. The zero-order valence-electron chi connectivity index (χ0n) is 46.2. The Bertz CT molecular complexity index is 2080. The number of hydrogen-bond donors (Lipinski definition) is 4. The summed E-state index contributed by atoms with van der Waals surface area (Å²) in [7, 11) is 6.70. The number of ether oxygens (including phenoxy) is 3. The summed E-state index contributed by atoms with van der Waals surface area (Å²) in [5.41, 5.74) is 0.430. The van der Waals surface area contributed by atoms with E-state index in [4.69, 9.17) is 25.8 Å². The fraction of sp³-hybridized carbons (Fsp3) is 0.691. The van der Waals surface area contributed by atoms with Crippen molar-refractivity contribution in [2.24, 2.45) is 17.8 Å². The van der Waals surface area contributed by atoms with Crippen LogP contribution in [0, 0.1) is 17.8 Å². The fourth-order valence-corrected chi connectivity index (χ4v) is 9.56. The molecule has 0 aliphatic carbocycles. The number of fused-ring (bicyclic) bond motifs is 2. The van der Waals surface area contributed by atoms with Crippen molar-refractivity contribution in [1.29, 1.82) is 0 Å². The van der Waals surface area contributed by atoms with Crippen LogP contribution >= 0.6 is 11.6 Å². The number of likely N-dealkylation sites (N-methyl/N-ethyl adjacent to an activating group) is 3. The number of halogens is 1. The zero-order valence-corrected chi connectivity index (χ0v) is 47.0. The van der Waals surface area contributed by atoms with Gasteiger partial charge in [0.2, 0.25) is 23.6 Å². The Labute approximate surface area is 440 Å². The molecule has 3 rings (SSSR count). The van der Waals surface area contributed by atoms with E-state index in [1.165, 1.54) is 30.8 Å². The fourth-order valence-electron chi connectivity index (χ4n) is 9.43. The number of rotatable bonds is 15. The zero-order chi connectivity index (χ0) is 54.7. The molecule has 1 fully saturated rings. The molecular weight excluding hydrogens is 954 g/mol. The molecule has 1 aromatic rings. The Balaban J connectivity index is 2.18. The molecule has 2 aliphatic heterocycles. The number of allylic oxidation sites excluding steroid dienone is 1. The first-order valence-corrected chi connectivity index (χ1v) is 26.6. The second kappa shape index (κ2) is 30.0. The number of ketones is 1. The topological polar surface area (TPSA) is 205 Å². The lowest BCUT2D eigenvalue weighted by Gasteiger charge is -2.46. The Hall–Kier alpha value is -4.68. The predicted octanol–water partition coefficient (Wildman–Crippen LogP) is 5.42. The molecule has 73 heavy (non-hydrogen) atoms. The largest absolute Gasteiger partial charge is 0.449 e. The summed E-state index contributed by atoms with van der Waals surface area (Å²) >= 11 is 6.19. The van der Waals surface area contributed by atoms with Gasteiger partial charge in [0.05, 0.1) is 25.4 Å². The van der Waals surface area contributed by atoms with E-state index in [0.717, 1.165) is 37.8 Å². The summed E-state index contributed by atoms with van der Waals surface area (Å²) in [6, 6.07) is 3.02. The predicted molar refractivity (Wildman–Crippen MR) is 284 cm³/mol. The normalized spacial score (nSPS) is 28.8. The summed E-state index contributed by atoms with van der Waals surface area (Å²) in [6.45, 7) is 19.2. The molecule has 410 valence electrons. The van der Waals surface area contributed by atoms with Crippen molar-refractivity contribution >= 4 is 52.9 Å². The van der Waals surface area contributed by atoms with Gasteiger partial charge >= 0.3 is 5.97 Å². The van der Waals surface area contributed by atoms with Gasteiger partial charge in [-0.2, -0.15) is 0 Å². The Morgan fingerprint density at radius 2 is 1.59 bits per heavy atom. The van der Waals surface area contributed by atoms with E-state index in [1.54, 1.807) is 37.3 Å². The van der Waals surface area contributed by atoms with Gasteiger partial charge in [-0.15, -0.1) is 0 Å². The van der Waals surface area contributed by atoms with Crippen LogP contribution in [0.3, 0.4) is 0 Å². The molecular formula is C55H88ClN7O10. The first-order chi connectivity index (χ1) is 34.4. The smallest absolute Gasteiger partial charge is 0.334 e. The Kier molecular flexibility index (Phi) is 25.7. The molecule has 18 heteroatoms. The first-order valence-electron chi connectivity index (χ1n) is 26.2. The average Bonchev–Trinajstić information content (AvgIpc) is 3.35. The molecule has 17 nitrogen and oxygen atoms in total. The molecule has 2 bridgehead atoms. The molecule has 1 unspecified atom stereocenters. The lowest BCUT2D eigenvalue weighted by Crippen LogP contribution is -2.60. The summed E-state index contributed by atoms with van der Waals surface area (Å²) < 4.78 is 19.0. The van der Waals surface area contributed by atoms with E-state index in [-0.39, 0.29) is 61.6 Å². The Morgan fingerprint density at radius 1 is 0.932 bits per heavy atom. The Morgan fingerprint density at radius 3 is 2.21 bits per heavy atom. The molecule has 0 radical (unpaired) electrons. The van der Waals surface area contributed by atoms with Crippen LogP contribution in [-0.4, -0.2) is 165 Å². The quantitative estimate of drug-likeness (QED) is 0.0988. The van der Waals surface area contributed by atoms with Crippen LogP contribution in [0.25, 0.3) is 0 Å². The molecule has 1 aromatic carbocycles. The number of hydrogen-bond acceptors (Lipinski definition) is 12. The number of amides is 5. The number of esters is 1. The van der Waals surface area contributed by atoms with Gasteiger partial charge in [-0.1, -0.05) is 83.7 Å². The highest BCUT2D eigenvalue weighted by Gasteiger charge is 2.49. The minimum absolute atomic E-state index is 0.0395. The van der Waals surface area contributed by atoms with Gasteiger partial charge in [-0.3, -0.25) is 33.7 Å². The van der Waals surface area contributed by atoms with E-state index in [2.05, 4.69) is 21.3 Å². The van der Waals surface area contributed by atoms with Crippen molar-refractivity contribution in [3.8, 4) is 0 Å². The number of benzene rings is 1. The van der Waals surface area contributed by atoms with Crippen molar-refractivity contribution in [3.05, 3.63) is 58.1 Å². The molecule has 4 N–H and O–H groups in total. The maximum Gasteiger partial charge on any atom is 0.334 e. The van der Waals surface area contributed by atoms with Crippen LogP contribution in [0.5, 0.6) is 0 Å². The van der Waals surface area contributed by atoms with Gasteiger partial charge in [0.25, 0.3) is 5.91 Å². The van der Waals surface area contributed by atoms with E-state index in [9.17, 15) is 33.6 Å². The number of carbonyl (C=O) groups is 7. The van der Waals surface area contributed by atoms with E-state index in [1.807, 2.05) is 80.5 Å². The molecule has 2 heterocycles. The van der Waals surface area contributed by atoms with Crippen molar-refractivity contribution < 1.29 is 47.8 Å². The molecule has 5 amide bonds. The van der Waals surface area contributed by atoms with Crippen molar-refractivity contribution in [3.63, 3.8) is 0 Å². The van der Waals surface area contributed by atoms with Crippen LogP contribution < -0.4 is 21.3 Å². The number of nitrogens with one attached hydrogen (secondary N) is 4. The van der Waals surface area contributed by atoms with Gasteiger partial charge in [0.15, 0.2) is 11.9 Å². The van der Waals surface area contributed by atoms with Gasteiger partial charge < -0.3 is 45.3 Å². The van der Waals surface area contributed by atoms with Gasteiger partial charge in [-0.25, -0.2) is 4.79 Å². The SMILES string of the molecule is C/C=C(\C)[C@H]1OC[C@@H](C)NC(=O)[C@H](C(C)CC)NC(=O)CN(C)C(=O)[C@@H](Cc2ccc(Cl)cc2)N(C)C(=O)[C@H](C)NC(=O)[C@@H](CC(C)C)OC(=O)/C(C)=C/[C@@]2(N(C)CCCCCCNC)C[C@H](OCC2=O)[C@@H]1C. The second-order valence-electron chi connectivity index (χ2n) is 20.9. The summed E-state index contributed by atoms with van der Waals surface area (Å²) in [4.78, 5) is 104. The maximum atomic E-state index is 14.5. The lowest BCUT2D eigenvalue weighted by atomic mass is 9.77. The van der Waals surface area contributed by atoms with Crippen LogP contribution in [0.4, 0.5) is 0 Å². The summed E-state index contributed by atoms with van der Waals surface area (Å²) in [5.74, 6) is -4.63. The van der Waals surface area contributed by atoms with Crippen LogP contribution in [0.2, 0.25) is 5.02 Å². The van der Waals surface area contributed by atoms with E-state index in [0.29, 0.717) is 23.6 Å². The summed E-state index contributed by atoms with van der Waals surface area (Å²) in [6.07, 6.45) is 5.96. The van der Waals surface area contributed by atoms with Crippen LogP contribution in [0.1, 0.15) is 120 Å². The van der Waals surface area contributed by atoms with Crippen molar-refractivity contribution in [2.75, 3.05) is 61.0 Å². The molecule has 0 saturated carbocycles. The first kappa shape index (κ1) is 62.6. The average molecular weight is 1040 g/mol. The minimum Gasteiger partial charge on any atom is -0.449 e.